The van der Waals surface area contributed by atoms with Crippen molar-refractivity contribution in [1.82, 2.24) is 19.5 Å². The first kappa shape index (κ1) is 12.5. The first-order chi connectivity index (χ1) is 8.72. The van der Waals surface area contributed by atoms with E-state index in [2.05, 4.69) is 21.5 Å². The number of aliphatic hydroxyl groups excluding tert-OH is 1. The lowest BCUT2D eigenvalue weighted by molar-refractivity contribution is 0.0402. The van der Waals surface area contributed by atoms with Gasteiger partial charge in [-0.25, -0.2) is 15.0 Å². The highest BCUT2D eigenvalue weighted by Crippen LogP contribution is 2.14. The summed E-state index contributed by atoms with van der Waals surface area (Å²) in [4.78, 5) is 12.1. The molecule has 0 aromatic carbocycles. The van der Waals surface area contributed by atoms with Crippen molar-refractivity contribution in [2.75, 3.05) is 18.9 Å². The van der Waals surface area contributed by atoms with E-state index < -0.39 is 6.10 Å². The minimum Gasteiger partial charge on any atom is -0.389 e. The molecule has 0 radical (unpaired) electrons. The van der Waals surface area contributed by atoms with Gasteiger partial charge in [-0.2, -0.15) is 0 Å². The number of fused-ring (bicyclic) bond motifs is 1. The lowest BCUT2D eigenvalue weighted by Gasteiger charge is -2.11. The molecule has 0 saturated heterocycles. The van der Waals surface area contributed by atoms with Gasteiger partial charge in [-0.1, -0.05) is 6.08 Å². The number of ether oxygens (including phenoxy) is 1. The first-order valence-corrected chi connectivity index (χ1v) is 5.50. The van der Waals surface area contributed by atoms with E-state index >= 15 is 0 Å². The predicted molar refractivity (Wildman–Crippen MR) is 66.8 cm³/mol. The van der Waals surface area contributed by atoms with Crippen LogP contribution in [0, 0.1) is 0 Å². The van der Waals surface area contributed by atoms with Crippen LogP contribution >= 0.6 is 0 Å². The number of anilines is 1. The third kappa shape index (κ3) is 2.63. The average molecular weight is 249 g/mol. The van der Waals surface area contributed by atoms with Crippen LogP contribution in [0.2, 0.25) is 0 Å². The van der Waals surface area contributed by atoms with Crippen molar-refractivity contribution in [2.24, 2.45) is 0 Å². The van der Waals surface area contributed by atoms with Crippen molar-refractivity contribution in [2.45, 2.75) is 12.6 Å². The molecule has 3 N–H and O–H groups in total. The zero-order valence-electron chi connectivity index (χ0n) is 9.86. The van der Waals surface area contributed by atoms with Gasteiger partial charge in [-0.3, -0.25) is 0 Å². The molecule has 0 aliphatic heterocycles. The second kappa shape index (κ2) is 5.56. The summed E-state index contributed by atoms with van der Waals surface area (Å²) >= 11 is 0. The number of hydrogen-bond donors (Lipinski definition) is 2. The summed E-state index contributed by atoms with van der Waals surface area (Å²) in [5.74, 6) is 0.330. The number of nitrogens with two attached hydrogens (primary N) is 1. The highest BCUT2D eigenvalue weighted by Gasteiger charge is 2.11. The molecule has 2 aromatic rings. The second-order valence-corrected chi connectivity index (χ2v) is 3.81. The summed E-state index contributed by atoms with van der Waals surface area (Å²) in [6, 6.07) is 0. The van der Waals surface area contributed by atoms with Crippen LogP contribution in [0.15, 0.2) is 25.3 Å². The van der Waals surface area contributed by atoms with E-state index in [0.29, 0.717) is 30.1 Å². The van der Waals surface area contributed by atoms with Gasteiger partial charge in [-0.05, 0) is 0 Å². The smallest absolute Gasteiger partial charge is 0.165 e. The van der Waals surface area contributed by atoms with Crippen molar-refractivity contribution < 1.29 is 9.84 Å². The number of nitrogen functional groups attached to an aromatic ring is 1. The van der Waals surface area contributed by atoms with Gasteiger partial charge < -0.3 is 20.1 Å². The van der Waals surface area contributed by atoms with E-state index in [1.165, 1.54) is 6.33 Å². The Bertz CT molecular complexity index is 539. The molecule has 2 aromatic heterocycles. The van der Waals surface area contributed by atoms with Crippen molar-refractivity contribution >= 4 is 17.0 Å². The summed E-state index contributed by atoms with van der Waals surface area (Å²) in [6.45, 7) is 4.51. The van der Waals surface area contributed by atoms with Gasteiger partial charge in [0.25, 0.3) is 0 Å². The first-order valence-electron chi connectivity index (χ1n) is 5.50. The average Bonchev–Trinajstić information content (AvgIpc) is 2.74. The summed E-state index contributed by atoms with van der Waals surface area (Å²) in [7, 11) is 0. The highest BCUT2D eigenvalue weighted by atomic mass is 16.5. The van der Waals surface area contributed by atoms with Gasteiger partial charge in [0.15, 0.2) is 11.5 Å². The Morgan fingerprint density at radius 2 is 2.33 bits per heavy atom. The van der Waals surface area contributed by atoms with Crippen LogP contribution in [0.5, 0.6) is 0 Å². The van der Waals surface area contributed by atoms with Crippen LogP contribution in [-0.4, -0.2) is 43.9 Å². The summed E-state index contributed by atoms with van der Waals surface area (Å²) in [6.07, 6.45) is 3.94. The van der Waals surface area contributed by atoms with Gasteiger partial charge >= 0.3 is 0 Å². The van der Waals surface area contributed by atoms with E-state index in [9.17, 15) is 5.11 Å². The van der Waals surface area contributed by atoms with Crippen molar-refractivity contribution in [3.63, 3.8) is 0 Å². The minimum atomic E-state index is -0.640. The predicted octanol–water partition coefficient (Wildman–Crippen LogP) is -0.0280. The Labute approximate surface area is 104 Å². The maximum Gasteiger partial charge on any atom is 0.165 e. The molecular weight excluding hydrogens is 234 g/mol. The molecule has 0 aliphatic carbocycles. The minimum absolute atomic E-state index is 0.228. The van der Waals surface area contributed by atoms with Crippen LogP contribution in [0.25, 0.3) is 11.2 Å². The van der Waals surface area contributed by atoms with Gasteiger partial charge in [0.05, 0.1) is 32.2 Å². The number of aromatic nitrogens is 4. The van der Waals surface area contributed by atoms with Gasteiger partial charge in [0, 0.05) is 0 Å². The highest BCUT2D eigenvalue weighted by molar-refractivity contribution is 5.81. The van der Waals surface area contributed by atoms with E-state index in [0.717, 1.165) is 0 Å². The van der Waals surface area contributed by atoms with Gasteiger partial charge in [0.2, 0.25) is 0 Å². The van der Waals surface area contributed by atoms with Crippen LogP contribution in [0.4, 0.5) is 5.82 Å². The number of rotatable bonds is 6. The van der Waals surface area contributed by atoms with Crippen LogP contribution in [-0.2, 0) is 11.3 Å². The molecule has 0 fully saturated rings. The summed E-state index contributed by atoms with van der Waals surface area (Å²) in [5, 5.41) is 9.79. The number of hydrogen-bond acceptors (Lipinski definition) is 6. The van der Waals surface area contributed by atoms with E-state index in [-0.39, 0.29) is 6.61 Å². The van der Waals surface area contributed by atoms with Gasteiger partial charge in [-0.15, -0.1) is 6.58 Å². The topological polar surface area (TPSA) is 99.1 Å². The summed E-state index contributed by atoms with van der Waals surface area (Å²) < 4.78 is 6.89. The van der Waals surface area contributed by atoms with Gasteiger partial charge in [0.1, 0.15) is 11.8 Å². The molecule has 0 saturated carbocycles. The molecule has 0 unspecified atom stereocenters. The second-order valence-electron chi connectivity index (χ2n) is 3.81. The quantitative estimate of drug-likeness (QED) is 0.551. The Morgan fingerprint density at radius 1 is 1.50 bits per heavy atom. The van der Waals surface area contributed by atoms with Crippen LogP contribution in [0.1, 0.15) is 0 Å². The van der Waals surface area contributed by atoms with E-state index in [1.807, 2.05) is 0 Å². The molecule has 96 valence electrons. The normalized spacial score (nSPS) is 12.7. The summed E-state index contributed by atoms with van der Waals surface area (Å²) in [5.41, 5.74) is 6.81. The molecule has 7 nitrogen and oxygen atoms in total. The van der Waals surface area contributed by atoms with Crippen molar-refractivity contribution in [3.05, 3.63) is 25.3 Å². The van der Waals surface area contributed by atoms with E-state index in [1.54, 1.807) is 17.0 Å². The Balaban J connectivity index is 2.07. The number of imidazole rings is 1. The molecule has 0 bridgehead atoms. The lowest BCUT2D eigenvalue weighted by atomic mass is 10.3. The lowest BCUT2D eigenvalue weighted by Crippen LogP contribution is -2.21. The number of nitrogens with zero attached hydrogens (tertiary/aromatic N) is 4. The fourth-order valence-electron chi connectivity index (χ4n) is 1.60. The van der Waals surface area contributed by atoms with Crippen molar-refractivity contribution in [3.8, 4) is 0 Å². The maximum absolute atomic E-state index is 9.79. The van der Waals surface area contributed by atoms with Crippen LogP contribution < -0.4 is 5.73 Å². The molecular formula is C11H15N5O2. The maximum atomic E-state index is 9.79. The molecule has 1 atom stereocenters. The molecule has 18 heavy (non-hydrogen) atoms. The molecule has 2 rings (SSSR count). The fraction of sp³-hybridized carbons (Fsp3) is 0.364. The molecule has 0 aliphatic rings. The SMILES string of the molecule is C=CCOC[C@@H](O)Cn1cnc2c(N)ncnc21. The molecule has 0 spiro atoms. The third-order valence-electron chi connectivity index (χ3n) is 2.38. The zero-order valence-corrected chi connectivity index (χ0v) is 9.86. The van der Waals surface area contributed by atoms with E-state index in [4.69, 9.17) is 10.5 Å². The Hall–Kier alpha value is -1.99. The largest absolute Gasteiger partial charge is 0.389 e. The Morgan fingerprint density at radius 3 is 3.11 bits per heavy atom. The van der Waals surface area contributed by atoms with Crippen molar-refractivity contribution in [1.29, 1.82) is 0 Å². The third-order valence-corrected chi connectivity index (χ3v) is 2.38. The zero-order chi connectivity index (χ0) is 13.0. The fourth-order valence-corrected chi connectivity index (χ4v) is 1.60. The monoisotopic (exact) mass is 249 g/mol. The molecule has 0 amide bonds. The molecule has 7 heteroatoms. The Kier molecular flexibility index (Phi) is 3.85. The number of aliphatic hydroxyl groups is 1. The standard InChI is InChI=1S/C11H15N5O2/c1-2-3-18-5-8(17)4-16-7-15-9-10(12)13-6-14-11(9)16/h2,6-8,17H,1,3-5H2,(H2,12,13,14)/t8-/m0/s1. The molecule has 2 heterocycles. The van der Waals surface area contributed by atoms with Crippen LogP contribution in [0.3, 0.4) is 0 Å².